The Morgan fingerprint density at radius 3 is 2.40 bits per heavy atom. The minimum atomic E-state index is -0.704. The van der Waals surface area contributed by atoms with Gasteiger partial charge in [0.2, 0.25) is 5.91 Å². The summed E-state index contributed by atoms with van der Waals surface area (Å²) in [5.41, 5.74) is 5.23. The maximum absolute atomic E-state index is 13.4. The largest absolute Gasteiger partial charge is 0.383 e. The highest BCUT2D eigenvalue weighted by atomic mass is 16.2. The summed E-state index contributed by atoms with van der Waals surface area (Å²) in [5, 5.41) is 0.490. The summed E-state index contributed by atoms with van der Waals surface area (Å²) in [4.78, 5) is 63.4. The molecule has 3 aromatic rings. The van der Waals surface area contributed by atoms with Crippen molar-refractivity contribution in [1.82, 2.24) is 24.4 Å². The number of nitrogen functional groups attached to an aromatic ring is 1. The number of aromatic nitrogens is 4. The Labute approximate surface area is 202 Å². The summed E-state index contributed by atoms with van der Waals surface area (Å²) < 4.78 is 1.29. The zero-order valence-electron chi connectivity index (χ0n) is 20.8. The van der Waals surface area contributed by atoms with E-state index < -0.39 is 11.2 Å². The standard InChI is InChI=1S/C24H33N7O4/c1-14(2)10-30(20-21(25)31(11-15(3)4)24(35)28-23(20)34)19(32)13-29(5)12-18-26-17-9-7-6-8-16(17)22(33)27-18/h6-9,14-15H,10-13,25H2,1-5H3,(H,26,27,33)(H,28,34,35). The lowest BCUT2D eigenvalue weighted by atomic mass is 10.2. The van der Waals surface area contributed by atoms with Crippen LogP contribution in [0, 0.1) is 11.8 Å². The Balaban J connectivity index is 1.89. The number of hydrogen-bond donors (Lipinski definition) is 3. The van der Waals surface area contributed by atoms with Crippen molar-refractivity contribution in [3.63, 3.8) is 0 Å². The molecular formula is C24H33N7O4. The quantitative estimate of drug-likeness (QED) is 0.413. The summed E-state index contributed by atoms with van der Waals surface area (Å²) in [6, 6.07) is 7.02. The molecular weight excluding hydrogens is 450 g/mol. The van der Waals surface area contributed by atoms with Crippen LogP contribution in [0.15, 0.2) is 38.6 Å². The number of H-pyrrole nitrogens is 2. The minimum Gasteiger partial charge on any atom is -0.383 e. The second kappa shape index (κ2) is 10.7. The van der Waals surface area contributed by atoms with Crippen LogP contribution in [-0.4, -0.2) is 50.5 Å². The smallest absolute Gasteiger partial charge is 0.330 e. The van der Waals surface area contributed by atoms with Gasteiger partial charge in [0.1, 0.15) is 11.6 Å². The maximum Gasteiger partial charge on any atom is 0.330 e. The van der Waals surface area contributed by atoms with Crippen molar-refractivity contribution in [1.29, 1.82) is 0 Å². The number of nitrogens with one attached hydrogen (secondary N) is 2. The zero-order chi connectivity index (χ0) is 25.9. The maximum atomic E-state index is 13.4. The number of rotatable bonds is 9. The second-order valence-corrected chi connectivity index (χ2v) is 9.60. The predicted molar refractivity (Wildman–Crippen MR) is 136 cm³/mol. The van der Waals surface area contributed by atoms with Crippen LogP contribution in [0.3, 0.4) is 0 Å². The number of fused-ring (bicyclic) bond motifs is 1. The number of hydrogen-bond acceptors (Lipinski definition) is 7. The van der Waals surface area contributed by atoms with Gasteiger partial charge in [-0.2, -0.15) is 0 Å². The Bertz CT molecular complexity index is 1390. The normalized spacial score (nSPS) is 11.7. The van der Waals surface area contributed by atoms with Crippen molar-refractivity contribution >= 4 is 28.3 Å². The molecule has 3 rings (SSSR count). The average Bonchev–Trinajstić information content (AvgIpc) is 2.75. The molecule has 0 bridgehead atoms. The first-order valence-electron chi connectivity index (χ1n) is 11.6. The number of nitrogens with two attached hydrogens (primary N) is 1. The molecule has 2 aromatic heterocycles. The van der Waals surface area contributed by atoms with E-state index in [1.54, 1.807) is 36.2 Å². The fraction of sp³-hybridized carbons (Fsp3) is 0.458. The highest BCUT2D eigenvalue weighted by molar-refractivity contribution is 5.96. The van der Waals surface area contributed by atoms with E-state index in [0.29, 0.717) is 23.3 Å². The molecule has 0 saturated heterocycles. The summed E-state index contributed by atoms with van der Waals surface area (Å²) >= 11 is 0. The average molecular weight is 484 g/mol. The molecule has 0 aliphatic carbocycles. The van der Waals surface area contributed by atoms with Gasteiger partial charge in [-0.3, -0.25) is 28.8 Å². The van der Waals surface area contributed by atoms with E-state index in [-0.39, 0.29) is 54.4 Å². The Hall–Kier alpha value is -3.73. The van der Waals surface area contributed by atoms with Crippen LogP contribution in [0.2, 0.25) is 0 Å². The summed E-state index contributed by atoms with van der Waals surface area (Å²) in [6.45, 7) is 8.38. The van der Waals surface area contributed by atoms with Gasteiger partial charge in [-0.25, -0.2) is 9.78 Å². The first kappa shape index (κ1) is 25.9. The van der Waals surface area contributed by atoms with E-state index >= 15 is 0 Å². The molecule has 4 N–H and O–H groups in total. The number of benzene rings is 1. The van der Waals surface area contributed by atoms with Gasteiger partial charge in [0.05, 0.1) is 24.0 Å². The molecule has 35 heavy (non-hydrogen) atoms. The van der Waals surface area contributed by atoms with Crippen molar-refractivity contribution in [2.45, 2.75) is 40.8 Å². The number of aromatic amines is 2. The summed E-state index contributed by atoms with van der Waals surface area (Å²) in [6.07, 6.45) is 0. The van der Waals surface area contributed by atoms with E-state index in [4.69, 9.17) is 5.73 Å². The molecule has 0 aliphatic heterocycles. The zero-order valence-corrected chi connectivity index (χ0v) is 20.8. The van der Waals surface area contributed by atoms with Crippen molar-refractivity contribution < 1.29 is 4.79 Å². The number of nitrogens with zero attached hydrogens (tertiary/aromatic N) is 4. The molecule has 0 atom stereocenters. The van der Waals surface area contributed by atoms with Crippen LogP contribution in [0.25, 0.3) is 10.9 Å². The van der Waals surface area contributed by atoms with Crippen LogP contribution in [0.1, 0.15) is 33.5 Å². The van der Waals surface area contributed by atoms with Gasteiger partial charge in [0.25, 0.3) is 11.1 Å². The predicted octanol–water partition coefficient (Wildman–Crippen LogP) is 1.13. The molecule has 1 amide bonds. The van der Waals surface area contributed by atoms with Gasteiger partial charge < -0.3 is 15.6 Å². The lowest BCUT2D eigenvalue weighted by Gasteiger charge is -2.28. The van der Waals surface area contributed by atoms with Gasteiger partial charge >= 0.3 is 5.69 Å². The van der Waals surface area contributed by atoms with Crippen LogP contribution in [-0.2, 0) is 17.9 Å². The minimum absolute atomic E-state index is 0.0328. The van der Waals surface area contributed by atoms with Crippen molar-refractivity contribution in [2.75, 3.05) is 30.8 Å². The van der Waals surface area contributed by atoms with Crippen molar-refractivity contribution in [3.05, 3.63) is 61.3 Å². The van der Waals surface area contributed by atoms with E-state index in [9.17, 15) is 19.2 Å². The Morgan fingerprint density at radius 2 is 1.74 bits per heavy atom. The number of anilines is 2. The number of amides is 1. The summed E-state index contributed by atoms with van der Waals surface area (Å²) in [7, 11) is 1.72. The number of likely N-dealkylation sites (N-methyl/N-ethyl adjacent to an activating group) is 1. The SMILES string of the molecule is CC(C)CN(C(=O)CN(C)Cc1nc2ccccc2c(=O)[nH]1)c1c(N)n(CC(C)C)c(=O)[nH]c1=O. The molecule has 2 heterocycles. The molecule has 11 heteroatoms. The molecule has 0 unspecified atom stereocenters. The molecule has 1 aromatic carbocycles. The monoisotopic (exact) mass is 483 g/mol. The third-order valence-electron chi connectivity index (χ3n) is 5.37. The third-order valence-corrected chi connectivity index (χ3v) is 5.37. The molecule has 0 saturated carbocycles. The van der Waals surface area contributed by atoms with Crippen LogP contribution in [0.4, 0.5) is 11.5 Å². The van der Waals surface area contributed by atoms with Crippen LogP contribution < -0.4 is 27.4 Å². The fourth-order valence-electron chi connectivity index (χ4n) is 3.91. The van der Waals surface area contributed by atoms with Gasteiger partial charge in [-0.1, -0.05) is 39.8 Å². The number of para-hydroxylation sites is 1. The lowest BCUT2D eigenvalue weighted by Crippen LogP contribution is -2.46. The molecule has 188 valence electrons. The third kappa shape index (κ3) is 6.04. The van der Waals surface area contributed by atoms with E-state index in [1.165, 1.54) is 9.47 Å². The fourth-order valence-corrected chi connectivity index (χ4v) is 3.91. The van der Waals surface area contributed by atoms with E-state index in [2.05, 4.69) is 15.0 Å². The molecule has 0 spiro atoms. The second-order valence-electron chi connectivity index (χ2n) is 9.60. The molecule has 0 aliphatic rings. The topological polar surface area (TPSA) is 150 Å². The Kier molecular flexibility index (Phi) is 7.90. The van der Waals surface area contributed by atoms with Crippen LogP contribution in [0.5, 0.6) is 0 Å². The van der Waals surface area contributed by atoms with E-state index in [0.717, 1.165) is 0 Å². The molecule has 11 nitrogen and oxygen atoms in total. The van der Waals surface area contributed by atoms with Gasteiger partial charge in [0.15, 0.2) is 5.69 Å². The highest BCUT2D eigenvalue weighted by Gasteiger charge is 2.26. The molecule has 0 radical (unpaired) electrons. The number of carbonyl (C=O) groups excluding carboxylic acids is 1. The first-order valence-corrected chi connectivity index (χ1v) is 11.6. The van der Waals surface area contributed by atoms with Gasteiger partial charge in [0, 0.05) is 13.1 Å². The first-order chi connectivity index (χ1) is 16.5. The highest BCUT2D eigenvalue weighted by Crippen LogP contribution is 2.19. The van der Waals surface area contributed by atoms with Gasteiger partial charge in [-0.15, -0.1) is 0 Å². The Morgan fingerprint density at radius 1 is 1.06 bits per heavy atom. The van der Waals surface area contributed by atoms with Crippen molar-refractivity contribution in [2.24, 2.45) is 11.8 Å². The van der Waals surface area contributed by atoms with Crippen LogP contribution >= 0.6 is 0 Å². The lowest BCUT2D eigenvalue weighted by molar-refractivity contribution is -0.119. The number of carbonyl (C=O) groups is 1. The molecule has 0 fully saturated rings. The van der Waals surface area contributed by atoms with Gasteiger partial charge in [-0.05, 0) is 31.0 Å². The summed E-state index contributed by atoms with van der Waals surface area (Å²) in [5.74, 6) is 0.154. The van der Waals surface area contributed by atoms with E-state index in [1.807, 2.05) is 27.7 Å². The van der Waals surface area contributed by atoms with Crippen molar-refractivity contribution in [3.8, 4) is 0 Å².